The molecule has 0 aromatic heterocycles. The van der Waals surface area contributed by atoms with Crippen LogP contribution in [0.2, 0.25) is 0 Å². The van der Waals surface area contributed by atoms with Crippen LogP contribution in [0.3, 0.4) is 0 Å². The molecule has 2 amide bonds. The Kier molecular flexibility index (Phi) is 6.48. The Balaban J connectivity index is 2.18. The highest BCUT2D eigenvalue weighted by atomic mass is 16.6. The Bertz CT molecular complexity index is 836. The molecule has 27 heavy (non-hydrogen) atoms. The van der Waals surface area contributed by atoms with E-state index in [0.717, 1.165) is 5.56 Å². The van der Waals surface area contributed by atoms with Gasteiger partial charge in [0, 0.05) is 18.7 Å². The van der Waals surface area contributed by atoms with Crippen LogP contribution in [0.5, 0.6) is 5.75 Å². The van der Waals surface area contributed by atoms with Gasteiger partial charge in [-0.3, -0.25) is 19.7 Å². The van der Waals surface area contributed by atoms with Crippen molar-refractivity contribution in [3.05, 3.63) is 64.2 Å². The lowest BCUT2D eigenvalue weighted by molar-refractivity contribution is -0.384. The van der Waals surface area contributed by atoms with E-state index in [9.17, 15) is 19.7 Å². The summed E-state index contributed by atoms with van der Waals surface area (Å²) >= 11 is 0. The molecular weight excluding hydrogens is 350 g/mol. The predicted molar refractivity (Wildman–Crippen MR) is 100 cm³/mol. The quantitative estimate of drug-likeness (QED) is 0.478. The highest BCUT2D eigenvalue weighted by molar-refractivity contribution is 6.39. The third-order valence-corrected chi connectivity index (χ3v) is 3.92. The molecule has 0 radical (unpaired) electrons. The van der Waals surface area contributed by atoms with Crippen molar-refractivity contribution in [2.45, 2.75) is 26.4 Å². The largest absolute Gasteiger partial charge is 0.494 e. The van der Waals surface area contributed by atoms with Crippen molar-refractivity contribution >= 4 is 23.2 Å². The van der Waals surface area contributed by atoms with E-state index in [0.29, 0.717) is 6.54 Å². The molecule has 0 heterocycles. The van der Waals surface area contributed by atoms with E-state index >= 15 is 0 Å². The molecule has 0 fully saturated rings. The fourth-order valence-corrected chi connectivity index (χ4v) is 2.47. The lowest BCUT2D eigenvalue weighted by Crippen LogP contribution is -2.43. The first-order valence-electron chi connectivity index (χ1n) is 8.31. The Morgan fingerprint density at radius 2 is 1.85 bits per heavy atom. The summed E-state index contributed by atoms with van der Waals surface area (Å²) in [5, 5.41) is 13.3. The molecule has 8 nitrogen and oxygen atoms in total. The van der Waals surface area contributed by atoms with Crippen LogP contribution in [0, 0.1) is 10.1 Å². The SMILES string of the molecule is COc1cc([N+](=O)[O-])ccc1NC(=O)C(=O)N(Cc1ccccc1)C(C)C. The average molecular weight is 371 g/mol. The van der Waals surface area contributed by atoms with Crippen molar-refractivity contribution in [2.75, 3.05) is 12.4 Å². The molecule has 0 aliphatic rings. The zero-order valence-corrected chi connectivity index (χ0v) is 15.3. The maximum atomic E-state index is 12.6. The summed E-state index contributed by atoms with van der Waals surface area (Å²) < 4.78 is 5.08. The number of hydrogen-bond acceptors (Lipinski definition) is 5. The maximum Gasteiger partial charge on any atom is 0.314 e. The highest BCUT2D eigenvalue weighted by Gasteiger charge is 2.25. The van der Waals surface area contributed by atoms with Crippen LogP contribution in [0.25, 0.3) is 0 Å². The summed E-state index contributed by atoms with van der Waals surface area (Å²) in [7, 11) is 1.33. The molecule has 2 rings (SSSR count). The number of rotatable bonds is 6. The molecule has 0 saturated carbocycles. The molecule has 2 aromatic rings. The number of carbonyl (C=O) groups excluding carboxylic acids is 2. The van der Waals surface area contributed by atoms with Gasteiger partial charge in [-0.1, -0.05) is 30.3 Å². The van der Waals surface area contributed by atoms with Crippen LogP contribution in [0.15, 0.2) is 48.5 Å². The van der Waals surface area contributed by atoms with Crippen LogP contribution in [0.1, 0.15) is 19.4 Å². The van der Waals surface area contributed by atoms with Gasteiger partial charge in [-0.15, -0.1) is 0 Å². The van der Waals surface area contributed by atoms with Gasteiger partial charge >= 0.3 is 11.8 Å². The first-order valence-corrected chi connectivity index (χ1v) is 8.31. The second kappa shape index (κ2) is 8.79. The molecular formula is C19H21N3O5. The predicted octanol–water partition coefficient (Wildman–Crippen LogP) is 2.98. The fourth-order valence-electron chi connectivity index (χ4n) is 2.47. The molecule has 0 spiro atoms. The van der Waals surface area contributed by atoms with Gasteiger partial charge in [-0.25, -0.2) is 0 Å². The number of non-ortho nitro benzene ring substituents is 1. The van der Waals surface area contributed by atoms with E-state index in [4.69, 9.17) is 4.74 Å². The number of nitrogens with one attached hydrogen (secondary N) is 1. The van der Waals surface area contributed by atoms with Gasteiger partial charge in [0.1, 0.15) is 5.75 Å². The summed E-state index contributed by atoms with van der Waals surface area (Å²) in [6.45, 7) is 3.93. The number of anilines is 1. The van der Waals surface area contributed by atoms with Crippen molar-refractivity contribution in [1.82, 2.24) is 4.90 Å². The maximum absolute atomic E-state index is 12.6. The normalized spacial score (nSPS) is 10.4. The van der Waals surface area contributed by atoms with Crippen LogP contribution in [0.4, 0.5) is 11.4 Å². The highest BCUT2D eigenvalue weighted by Crippen LogP contribution is 2.29. The molecule has 2 aromatic carbocycles. The van der Waals surface area contributed by atoms with Crippen molar-refractivity contribution in [2.24, 2.45) is 0 Å². The molecule has 0 unspecified atom stereocenters. The van der Waals surface area contributed by atoms with Crippen molar-refractivity contribution < 1.29 is 19.2 Å². The number of amides is 2. The number of nitro benzene ring substituents is 1. The fraction of sp³-hybridized carbons (Fsp3) is 0.263. The monoisotopic (exact) mass is 371 g/mol. The Morgan fingerprint density at radius 1 is 1.19 bits per heavy atom. The standard InChI is InChI=1S/C19H21N3O5/c1-13(2)21(12-14-7-5-4-6-8-14)19(24)18(23)20-16-10-9-15(22(25)26)11-17(16)27-3/h4-11,13H,12H2,1-3H3,(H,20,23). The van der Waals surface area contributed by atoms with E-state index in [-0.39, 0.29) is 23.2 Å². The molecule has 142 valence electrons. The van der Waals surface area contributed by atoms with E-state index in [2.05, 4.69) is 5.32 Å². The first kappa shape index (κ1) is 19.9. The Morgan fingerprint density at radius 3 is 2.41 bits per heavy atom. The lowest BCUT2D eigenvalue weighted by Gasteiger charge is -2.26. The molecule has 1 N–H and O–H groups in total. The van der Waals surface area contributed by atoms with Gasteiger partial charge in [0.25, 0.3) is 5.69 Å². The Labute approximate surface area is 156 Å². The second-order valence-corrected chi connectivity index (χ2v) is 6.11. The summed E-state index contributed by atoms with van der Waals surface area (Å²) in [5.41, 5.74) is 0.911. The lowest BCUT2D eigenvalue weighted by atomic mass is 10.2. The molecule has 0 aliphatic carbocycles. The van der Waals surface area contributed by atoms with Gasteiger partial charge in [0.15, 0.2) is 0 Å². The summed E-state index contributed by atoms with van der Waals surface area (Å²) in [6.07, 6.45) is 0. The molecule has 0 aliphatic heterocycles. The van der Waals surface area contributed by atoms with E-state index in [1.807, 2.05) is 44.2 Å². The smallest absolute Gasteiger partial charge is 0.314 e. The Hall–Kier alpha value is -3.42. The van der Waals surface area contributed by atoms with E-state index in [1.165, 1.54) is 30.2 Å². The second-order valence-electron chi connectivity index (χ2n) is 6.11. The first-order chi connectivity index (χ1) is 12.8. The number of methoxy groups -OCH3 is 1. The zero-order chi connectivity index (χ0) is 20.0. The average Bonchev–Trinajstić information content (AvgIpc) is 2.66. The minimum atomic E-state index is -0.841. The van der Waals surface area contributed by atoms with Crippen LogP contribution in [-0.4, -0.2) is 34.8 Å². The number of ether oxygens (including phenoxy) is 1. The van der Waals surface area contributed by atoms with Gasteiger partial charge in [0.05, 0.1) is 23.8 Å². The minimum Gasteiger partial charge on any atom is -0.494 e. The van der Waals surface area contributed by atoms with Crippen LogP contribution >= 0.6 is 0 Å². The molecule has 0 bridgehead atoms. The molecule has 0 atom stereocenters. The van der Waals surface area contributed by atoms with E-state index < -0.39 is 16.7 Å². The van der Waals surface area contributed by atoms with Crippen LogP contribution in [-0.2, 0) is 16.1 Å². The minimum absolute atomic E-state index is 0.101. The number of benzene rings is 2. The molecule has 8 heteroatoms. The summed E-state index contributed by atoms with van der Waals surface area (Å²) in [4.78, 5) is 36.8. The van der Waals surface area contributed by atoms with Gasteiger partial charge in [-0.05, 0) is 25.5 Å². The summed E-state index contributed by atoms with van der Waals surface area (Å²) in [6, 6.07) is 12.9. The van der Waals surface area contributed by atoms with Gasteiger partial charge < -0.3 is 15.0 Å². The van der Waals surface area contributed by atoms with Crippen molar-refractivity contribution in [1.29, 1.82) is 0 Å². The van der Waals surface area contributed by atoms with E-state index in [1.54, 1.807) is 0 Å². The number of nitro groups is 1. The topological polar surface area (TPSA) is 102 Å². The number of nitrogens with zero attached hydrogens (tertiary/aromatic N) is 2. The number of hydrogen-bond donors (Lipinski definition) is 1. The van der Waals surface area contributed by atoms with Crippen molar-refractivity contribution in [3.8, 4) is 5.75 Å². The number of carbonyl (C=O) groups is 2. The molecule has 0 saturated heterocycles. The third-order valence-electron chi connectivity index (χ3n) is 3.92. The zero-order valence-electron chi connectivity index (χ0n) is 15.3. The van der Waals surface area contributed by atoms with Crippen LogP contribution < -0.4 is 10.1 Å². The van der Waals surface area contributed by atoms with Crippen molar-refractivity contribution in [3.63, 3.8) is 0 Å². The third kappa shape index (κ3) is 5.04. The summed E-state index contributed by atoms with van der Waals surface area (Å²) in [5.74, 6) is -1.44. The van der Waals surface area contributed by atoms with Gasteiger partial charge in [-0.2, -0.15) is 0 Å². The van der Waals surface area contributed by atoms with Gasteiger partial charge in [0.2, 0.25) is 0 Å².